The number of nitrogens with one attached hydrogen (secondary N) is 2. The Kier molecular flexibility index (Phi) is 5.06. The van der Waals surface area contributed by atoms with Crippen LogP contribution in [0.15, 0.2) is 54.6 Å². The number of amides is 2. The zero-order valence-electron chi connectivity index (χ0n) is 14.6. The van der Waals surface area contributed by atoms with Gasteiger partial charge in [-0.15, -0.1) is 11.3 Å². The van der Waals surface area contributed by atoms with E-state index in [1.54, 1.807) is 25.1 Å². The van der Waals surface area contributed by atoms with Crippen LogP contribution in [0.2, 0.25) is 0 Å². The number of aliphatic hydroxyl groups is 1. The Labute approximate surface area is 155 Å². The van der Waals surface area contributed by atoms with Crippen molar-refractivity contribution in [1.82, 2.24) is 5.32 Å². The molecule has 2 aromatic carbocycles. The van der Waals surface area contributed by atoms with Crippen LogP contribution in [-0.4, -0.2) is 23.5 Å². The van der Waals surface area contributed by atoms with E-state index in [0.29, 0.717) is 5.69 Å². The molecule has 6 heteroatoms. The van der Waals surface area contributed by atoms with E-state index in [0.717, 1.165) is 20.5 Å². The molecule has 3 N–H and O–H groups in total. The Morgan fingerprint density at radius 2 is 1.85 bits per heavy atom. The fraction of sp³-hybridized carbons (Fsp3) is 0.200. The van der Waals surface area contributed by atoms with Crippen molar-refractivity contribution >= 4 is 38.9 Å². The van der Waals surface area contributed by atoms with Gasteiger partial charge in [-0.25, -0.2) is 0 Å². The summed E-state index contributed by atoms with van der Waals surface area (Å²) in [6.07, 6.45) is 0. The Bertz CT molecular complexity index is 929. The molecular formula is C20H20N2O3S. The van der Waals surface area contributed by atoms with Gasteiger partial charge in [-0.3, -0.25) is 9.59 Å². The van der Waals surface area contributed by atoms with Crippen molar-refractivity contribution in [2.75, 3.05) is 11.9 Å². The van der Waals surface area contributed by atoms with Gasteiger partial charge in [-0.05, 0) is 49.1 Å². The molecular weight excluding hydrogens is 348 g/mol. The van der Waals surface area contributed by atoms with E-state index in [9.17, 15) is 14.7 Å². The highest BCUT2D eigenvalue weighted by Gasteiger charge is 2.27. The molecule has 1 unspecified atom stereocenters. The van der Waals surface area contributed by atoms with E-state index in [1.165, 1.54) is 11.3 Å². The molecule has 0 radical (unpaired) electrons. The Balaban J connectivity index is 1.63. The second kappa shape index (κ2) is 7.27. The number of rotatable bonds is 4. The maximum atomic E-state index is 12.1. The van der Waals surface area contributed by atoms with Gasteiger partial charge in [-0.2, -0.15) is 0 Å². The standard InChI is InChI=1S/C20H20N2O3S/c1-13-6-5-8-15(10-13)22-19(24)18(23)21-12-20(2,25)17-11-14-7-3-4-9-16(14)26-17/h3-11,25H,12H2,1-2H3,(H,21,23)(H,22,24). The molecule has 0 saturated carbocycles. The lowest BCUT2D eigenvalue weighted by molar-refractivity contribution is -0.136. The van der Waals surface area contributed by atoms with Gasteiger partial charge in [-0.1, -0.05) is 30.3 Å². The third-order valence-corrected chi connectivity index (χ3v) is 5.40. The first-order valence-electron chi connectivity index (χ1n) is 8.22. The summed E-state index contributed by atoms with van der Waals surface area (Å²) < 4.78 is 1.06. The fourth-order valence-electron chi connectivity index (χ4n) is 2.58. The number of hydrogen-bond acceptors (Lipinski definition) is 4. The highest BCUT2D eigenvalue weighted by Crippen LogP contribution is 2.32. The highest BCUT2D eigenvalue weighted by molar-refractivity contribution is 7.19. The number of carbonyl (C=O) groups is 2. The van der Waals surface area contributed by atoms with Crippen molar-refractivity contribution in [1.29, 1.82) is 0 Å². The van der Waals surface area contributed by atoms with Crippen LogP contribution in [0, 0.1) is 6.92 Å². The lowest BCUT2D eigenvalue weighted by atomic mass is 10.0. The van der Waals surface area contributed by atoms with Gasteiger partial charge in [0.15, 0.2) is 0 Å². The topological polar surface area (TPSA) is 78.4 Å². The van der Waals surface area contributed by atoms with Gasteiger partial charge < -0.3 is 15.7 Å². The van der Waals surface area contributed by atoms with E-state index in [4.69, 9.17) is 0 Å². The number of hydrogen-bond donors (Lipinski definition) is 3. The van der Waals surface area contributed by atoms with Crippen molar-refractivity contribution in [3.63, 3.8) is 0 Å². The van der Waals surface area contributed by atoms with E-state index in [1.807, 2.05) is 43.3 Å². The molecule has 1 aromatic heterocycles. The molecule has 0 spiro atoms. The van der Waals surface area contributed by atoms with Gasteiger partial charge in [0.1, 0.15) is 5.60 Å². The molecule has 3 rings (SSSR count). The van der Waals surface area contributed by atoms with E-state index >= 15 is 0 Å². The second-order valence-electron chi connectivity index (χ2n) is 6.43. The summed E-state index contributed by atoms with van der Waals surface area (Å²) in [5.74, 6) is -1.55. The molecule has 0 aliphatic heterocycles. The maximum absolute atomic E-state index is 12.1. The minimum Gasteiger partial charge on any atom is -0.383 e. The third-order valence-electron chi connectivity index (χ3n) is 4.03. The van der Waals surface area contributed by atoms with E-state index in [-0.39, 0.29) is 6.54 Å². The molecule has 134 valence electrons. The van der Waals surface area contributed by atoms with Crippen molar-refractivity contribution in [3.05, 3.63) is 65.0 Å². The fourth-order valence-corrected chi connectivity index (χ4v) is 3.68. The zero-order chi connectivity index (χ0) is 18.7. The first-order chi connectivity index (χ1) is 12.3. The summed E-state index contributed by atoms with van der Waals surface area (Å²) >= 11 is 1.47. The molecule has 3 aromatic rings. The molecule has 1 heterocycles. The predicted octanol–water partition coefficient (Wildman–Crippen LogP) is 3.17. The molecule has 1 atom stereocenters. The van der Waals surface area contributed by atoms with Crippen molar-refractivity contribution in [2.24, 2.45) is 0 Å². The SMILES string of the molecule is Cc1cccc(NC(=O)C(=O)NCC(C)(O)c2cc3ccccc3s2)c1. The van der Waals surface area contributed by atoms with Gasteiger partial charge >= 0.3 is 11.8 Å². The van der Waals surface area contributed by atoms with Crippen molar-refractivity contribution in [2.45, 2.75) is 19.4 Å². The Hall–Kier alpha value is -2.70. The molecule has 0 aliphatic carbocycles. The van der Waals surface area contributed by atoms with Gasteiger partial charge in [0.25, 0.3) is 0 Å². The minimum atomic E-state index is -1.26. The van der Waals surface area contributed by atoms with E-state index < -0.39 is 17.4 Å². The van der Waals surface area contributed by atoms with E-state index in [2.05, 4.69) is 10.6 Å². The maximum Gasteiger partial charge on any atom is 0.313 e. The lowest BCUT2D eigenvalue weighted by Crippen LogP contribution is -2.42. The monoisotopic (exact) mass is 368 g/mol. The summed E-state index contributed by atoms with van der Waals surface area (Å²) in [4.78, 5) is 24.8. The molecule has 26 heavy (non-hydrogen) atoms. The Morgan fingerprint density at radius 1 is 1.08 bits per heavy atom. The van der Waals surface area contributed by atoms with Gasteiger partial charge in [0, 0.05) is 15.3 Å². The summed E-state index contributed by atoms with van der Waals surface area (Å²) in [6, 6.07) is 16.9. The first-order valence-corrected chi connectivity index (χ1v) is 9.04. The molecule has 0 bridgehead atoms. The molecule has 2 amide bonds. The first kappa shape index (κ1) is 18.1. The summed E-state index contributed by atoms with van der Waals surface area (Å²) in [5, 5.41) is 16.8. The van der Waals surface area contributed by atoms with Gasteiger partial charge in [0.05, 0.1) is 6.54 Å². The summed E-state index contributed by atoms with van der Waals surface area (Å²) in [5.41, 5.74) is 0.278. The highest BCUT2D eigenvalue weighted by atomic mass is 32.1. The number of anilines is 1. The average Bonchev–Trinajstić information content (AvgIpc) is 3.05. The van der Waals surface area contributed by atoms with Crippen LogP contribution < -0.4 is 10.6 Å². The van der Waals surface area contributed by atoms with Crippen LogP contribution in [-0.2, 0) is 15.2 Å². The lowest BCUT2D eigenvalue weighted by Gasteiger charge is -2.22. The number of fused-ring (bicyclic) bond motifs is 1. The number of carbonyl (C=O) groups excluding carboxylic acids is 2. The number of aryl methyl sites for hydroxylation is 1. The van der Waals surface area contributed by atoms with Crippen molar-refractivity contribution < 1.29 is 14.7 Å². The molecule has 0 saturated heterocycles. The minimum absolute atomic E-state index is 0.0557. The molecule has 5 nitrogen and oxygen atoms in total. The Morgan fingerprint density at radius 3 is 2.58 bits per heavy atom. The smallest absolute Gasteiger partial charge is 0.313 e. The largest absolute Gasteiger partial charge is 0.383 e. The number of thiophene rings is 1. The van der Waals surface area contributed by atoms with Crippen LogP contribution >= 0.6 is 11.3 Å². The quantitative estimate of drug-likeness (QED) is 0.619. The summed E-state index contributed by atoms with van der Waals surface area (Å²) in [6.45, 7) is 3.47. The second-order valence-corrected chi connectivity index (χ2v) is 7.51. The summed E-state index contributed by atoms with van der Waals surface area (Å²) in [7, 11) is 0. The third kappa shape index (κ3) is 4.09. The van der Waals surface area contributed by atoms with Crippen LogP contribution in [0.3, 0.4) is 0 Å². The molecule has 0 fully saturated rings. The zero-order valence-corrected chi connectivity index (χ0v) is 15.4. The predicted molar refractivity (Wildman–Crippen MR) is 104 cm³/mol. The van der Waals surface area contributed by atoms with Crippen LogP contribution in [0.25, 0.3) is 10.1 Å². The van der Waals surface area contributed by atoms with Gasteiger partial charge in [0.2, 0.25) is 0 Å². The van der Waals surface area contributed by atoms with Crippen LogP contribution in [0.1, 0.15) is 17.4 Å². The van der Waals surface area contributed by atoms with Crippen LogP contribution in [0.5, 0.6) is 0 Å². The van der Waals surface area contributed by atoms with Crippen molar-refractivity contribution in [3.8, 4) is 0 Å². The van der Waals surface area contributed by atoms with Crippen LogP contribution in [0.4, 0.5) is 5.69 Å². The average molecular weight is 368 g/mol. The molecule has 0 aliphatic rings. The normalized spacial score (nSPS) is 13.2. The number of benzene rings is 2.